The van der Waals surface area contributed by atoms with E-state index in [1.54, 1.807) is 32.5 Å². The Morgan fingerprint density at radius 1 is 1.22 bits per heavy atom. The molecule has 1 aromatic carbocycles. The fourth-order valence-electron chi connectivity index (χ4n) is 1.80. The highest BCUT2D eigenvalue weighted by atomic mass is 32.2. The van der Waals surface area contributed by atoms with E-state index in [1.165, 1.54) is 12.7 Å². The number of aryl methyl sites for hydroxylation is 1. The molecule has 0 aliphatic rings. The number of methoxy groups -OCH3 is 1. The molecular weight excluding hydrogens is 314 g/mol. The molecule has 0 bridgehead atoms. The van der Waals surface area contributed by atoms with Crippen LogP contribution < -0.4 is 5.32 Å². The quantitative estimate of drug-likeness (QED) is 0.611. The first-order valence-electron chi connectivity index (χ1n) is 7.51. The van der Waals surface area contributed by atoms with E-state index in [4.69, 9.17) is 9.47 Å². The second-order valence-corrected chi connectivity index (χ2v) is 7.18. The van der Waals surface area contributed by atoms with Gasteiger partial charge in [-0.25, -0.2) is 9.59 Å². The van der Waals surface area contributed by atoms with Gasteiger partial charge in [-0.2, -0.15) is 11.8 Å². The van der Waals surface area contributed by atoms with Crippen LogP contribution in [0.3, 0.4) is 0 Å². The molecule has 1 atom stereocenters. The summed E-state index contributed by atoms with van der Waals surface area (Å²) < 4.78 is 9.91. The van der Waals surface area contributed by atoms with Crippen LogP contribution in [-0.2, 0) is 20.7 Å². The highest BCUT2D eigenvalue weighted by molar-refractivity contribution is 7.99. The van der Waals surface area contributed by atoms with Gasteiger partial charge in [0, 0.05) is 5.75 Å². The molecule has 1 amide bonds. The van der Waals surface area contributed by atoms with Crippen LogP contribution in [-0.4, -0.2) is 42.3 Å². The zero-order chi connectivity index (χ0) is 17.3. The maximum atomic E-state index is 11.8. The van der Waals surface area contributed by atoms with E-state index < -0.39 is 23.7 Å². The molecule has 0 heterocycles. The number of hydrogen-bond donors (Lipinski definition) is 1. The first-order chi connectivity index (χ1) is 10.8. The summed E-state index contributed by atoms with van der Waals surface area (Å²) in [6.45, 7) is 5.32. The van der Waals surface area contributed by atoms with Crippen molar-refractivity contribution in [1.82, 2.24) is 5.32 Å². The molecule has 1 unspecified atom stereocenters. The maximum Gasteiger partial charge on any atom is 0.408 e. The van der Waals surface area contributed by atoms with E-state index in [0.29, 0.717) is 5.75 Å². The molecule has 6 heteroatoms. The number of amides is 1. The smallest absolute Gasteiger partial charge is 0.408 e. The molecule has 0 fully saturated rings. The molecule has 0 saturated heterocycles. The van der Waals surface area contributed by atoms with Crippen molar-refractivity contribution < 1.29 is 19.1 Å². The van der Waals surface area contributed by atoms with Gasteiger partial charge in [-0.15, -0.1) is 0 Å². The SMILES string of the molecule is COC(=O)C(CSCCc1ccccc1)NC(=O)OC(C)(C)C. The van der Waals surface area contributed by atoms with E-state index in [0.717, 1.165) is 12.2 Å². The van der Waals surface area contributed by atoms with Crippen molar-refractivity contribution in [3.05, 3.63) is 35.9 Å². The number of alkyl carbamates (subject to hydrolysis) is 1. The summed E-state index contributed by atoms with van der Waals surface area (Å²) in [5.41, 5.74) is 0.639. The summed E-state index contributed by atoms with van der Waals surface area (Å²) in [4.78, 5) is 23.6. The number of thioether (sulfide) groups is 1. The fourth-order valence-corrected chi connectivity index (χ4v) is 2.80. The van der Waals surface area contributed by atoms with Crippen molar-refractivity contribution in [2.75, 3.05) is 18.6 Å². The van der Waals surface area contributed by atoms with Crippen LogP contribution in [0.2, 0.25) is 0 Å². The zero-order valence-corrected chi connectivity index (χ0v) is 14.9. The largest absolute Gasteiger partial charge is 0.467 e. The highest BCUT2D eigenvalue weighted by Gasteiger charge is 2.24. The van der Waals surface area contributed by atoms with Crippen LogP contribution in [0.4, 0.5) is 4.79 Å². The van der Waals surface area contributed by atoms with Crippen LogP contribution in [0.1, 0.15) is 26.3 Å². The Balaban J connectivity index is 2.42. The maximum absolute atomic E-state index is 11.8. The molecule has 1 rings (SSSR count). The summed E-state index contributed by atoms with van der Waals surface area (Å²) in [5.74, 6) is 0.828. The lowest BCUT2D eigenvalue weighted by atomic mass is 10.2. The van der Waals surface area contributed by atoms with Gasteiger partial charge < -0.3 is 14.8 Å². The van der Waals surface area contributed by atoms with Gasteiger partial charge in [0.1, 0.15) is 11.6 Å². The lowest BCUT2D eigenvalue weighted by Crippen LogP contribution is -2.45. The summed E-state index contributed by atoms with van der Waals surface area (Å²) in [6.07, 6.45) is 0.294. The predicted octanol–water partition coefficient (Wildman–Crippen LogP) is 3.03. The third kappa shape index (κ3) is 8.50. The van der Waals surface area contributed by atoms with Crippen LogP contribution in [0.5, 0.6) is 0 Å². The number of ether oxygens (including phenoxy) is 2. The van der Waals surface area contributed by atoms with Crippen LogP contribution in [0.15, 0.2) is 30.3 Å². The lowest BCUT2D eigenvalue weighted by molar-refractivity contribution is -0.142. The summed E-state index contributed by atoms with van der Waals surface area (Å²) in [5, 5.41) is 2.57. The van der Waals surface area contributed by atoms with Gasteiger partial charge in [0.2, 0.25) is 0 Å². The molecule has 23 heavy (non-hydrogen) atoms. The monoisotopic (exact) mass is 339 g/mol. The predicted molar refractivity (Wildman–Crippen MR) is 92.6 cm³/mol. The number of esters is 1. The third-order valence-corrected chi connectivity index (χ3v) is 3.90. The van der Waals surface area contributed by atoms with Crippen molar-refractivity contribution in [3.8, 4) is 0 Å². The standard InChI is InChI=1S/C17H25NO4S/c1-17(2,3)22-16(20)18-14(15(19)21-4)12-23-11-10-13-8-6-5-7-9-13/h5-9,14H,10-12H2,1-4H3,(H,18,20). The van der Waals surface area contributed by atoms with Gasteiger partial charge in [0.25, 0.3) is 0 Å². The second kappa shape index (κ2) is 9.45. The Bertz CT molecular complexity index is 499. The molecule has 0 radical (unpaired) electrons. The Morgan fingerprint density at radius 3 is 2.43 bits per heavy atom. The molecular formula is C17H25NO4S. The van der Waals surface area contributed by atoms with E-state index in [9.17, 15) is 9.59 Å². The Kier molecular flexibility index (Phi) is 7.95. The molecule has 0 aliphatic heterocycles. The van der Waals surface area contributed by atoms with Crippen molar-refractivity contribution in [3.63, 3.8) is 0 Å². The van der Waals surface area contributed by atoms with Gasteiger partial charge in [-0.05, 0) is 38.5 Å². The lowest BCUT2D eigenvalue weighted by Gasteiger charge is -2.22. The van der Waals surface area contributed by atoms with Gasteiger partial charge in [0.05, 0.1) is 7.11 Å². The second-order valence-electron chi connectivity index (χ2n) is 6.03. The van der Waals surface area contributed by atoms with E-state index in [-0.39, 0.29) is 0 Å². The average molecular weight is 339 g/mol. The van der Waals surface area contributed by atoms with Crippen molar-refractivity contribution >= 4 is 23.8 Å². The van der Waals surface area contributed by atoms with Gasteiger partial charge >= 0.3 is 12.1 Å². The minimum absolute atomic E-state index is 0.443. The van der Waals surface area contributed by atoms with E-state index in [2.05, 4.69) is 17.4 Å². The minimum atomic E-state index is -0.712. The number of carbonyl (C=O) groups excluding carboxylic acids is 2. The number of carbonyl (C=O) groups is 2. The van der Waals surface area contributed by atoms with Gasteiger partial charge in [0.15, 0.2) is 0 Å². The van der Waals surface area contributed by atoms with Gasteiger partial charge in [-0.1, -0.05) is 30.3 Å². The van der Waals surface area contributed by atoms with Crippen LogP contribution in [0.25, 0.3) is 0 Å². The summed E-state index contributed by atoms with van der Waals surface area (Å²) in [7, 11) is 1.31. The summed E-state index contributed by atoms with van der Waals surface area (Å²) in [6, 6.07) is 9.40. The van der Waals surface area contributed by atoms with Crippen LogP contribution in [0, 0.1) is 0 Å². The molecule has 0 aliphatic carbocycles. The third-order valence-electron chi connectivity index (χ3n) is 2.84. The topological polar surface area (TPSA) is 64.6 Å². The molecule has 128 valence electrons. The molecule has 0 aromatic heterocycles. The zero-order valence-electron chi connectivity index (χ0n) is 14.1. The van der Waals surface area contributed by atoms with E-state index >= 15 is 0 Å². The van der Waals surface area contributed by atoms with E-state index in [1.807, 2.05) is 18.2 Å². The highest BCUT2D eigenvalue weighted by Crippen LogP contribution is 2.11. The molecule has 1 aromatic rings. The Labute approximate surface area is 142 Å². The minimum Gasteiger partial charge on any atom is -0.467 e. The fraction of sp³-hybridized carbons (Fsp3) is 0.529. The molecule has 5 nitrogen and oxygen atoms in total. The van der Waals surface area contributed by atoms with Crippen LogP contribution >= 0.6 is 11.8 Å². The molecule has 0 saturated carbocycles. The Morgan fingerprint density at radius 2 is 1.87 bits per heavy atom. The average Bonchev–Trinajstić information content (AvgIpc) is 2.48. The Hall–Kier alpha value is -1.69. The van der Waals surface area contributed by atoms with Gasteiger partial charge in [-0.3, -0.25) is 0 Å². The number of hydrogen-bond acceptors (Lipinski definition) is 5. The molecule has 0 spiro atoms. The molecule has 1 N–H and O–H groups in total. The number of rotatable bonds is 7. The first-order valence-corrected chi connectivity index (χ1v) is 8.66. The summed E-state index contributed by atoms with van der Waals surface area (Å²) >= 11 is 1.59. The van der Waals surface area contributed by atoms with Crippen molar-refractivity contribution in [1.29, 1.82) is 0 Å². The van der Waals surface area contributed by atoms with Crippen molar-refractivity contribution in [2.24, 2.45) is 0 Å². The number of benzene rings is 1. The number of nitrogens with one attached hydrogen (secondary N) is 1. The first kappa shape index (κ1) is 19.4. The van der Waals surface area contributed by atoms with Crippen molar-refractivity contribution in [2.45, 2.75) is 38.8 Å². The normalized spacial score (nSPS) is 12.3.